The first-order valence-corrected chi connectivity index (χ1v) is 11.1. The number of nitro benzene ring substituents is 1. The number of aryl methyl sites for hydroxylation is 1. The summed E-state index contributed by atoms with van der Waals surface area (Å²) in [4.78, 5) is 25.2. The third-order valence-electron chi connectivity index (χ3n) is 5.13. The summed E-state index contributed by atoms with van der Waals surface area (Å²) in [5, 5.41) is 18.3. The van der Waals surface area contributed by atoms with Crippen LogP contribution in [0.1, 0.15) is 36.8 Å². The minimum atomic E-state index is -0.425. The maximum absolute atomic E-state index is 12.2. The molecule has 31 heavy (non-hydrogen) atoms. The monoisotopic (exact) mass is 487 g/mol. The molecule has 0 atom stereocenters. The lowest BCUT2D eigenvalue weighted by Gasteiger charge is -2.24. The fourth-order valence-electron chi connectivity index (χ4n) is 3.51. The van der Waals surface area contributed by atoms with E-state index in [1.54, 1.807) is 6.07 Å². The summed E-state index contributed by atoms with van der Waals surface area (Å²) in [6, 6.07) is 10.6. The van der Waals surface area contributed by atoms with Crippen LogP contribution in [0, 0.1) is 17.0 Å². The van der Waals surface area contributed by atoms with Gasteiger partial charge in [0.15, 0.2) is 0 Å². The van der Waals surface area contributed by atoms with Crippen molar-refractivity contribution in [3.63, 3.8) is 0 Å². The summed E-state index contributed by atoms with van der Waals surface area (Å²) in [5.74, 6) is -0.314. The minimum Gasteiger partial charge on any atom is -0.375 e. The van der Waals surface area contributed by atoms with E-state index in [9.17, 15) is 14.9 Å². The molecule has 0 spiro atoms. The molecule has 0 bridgehead atoms. The summed E-state index contributed by atoms with van der Waals surface area (Å²) in [5.41, 5.74) is 5.92. The van der Waals surface area contributed by atoms with Gasteiger partial charge in [0.2, 0.25) is 0 Å². The lowest BCUT2D eigenvalue weighted by molar-refractivity contribution is -0.384. The molecule has 2 N–H and O–H groups in total. The number of nitrogens with zero attached hydrogens (tertiary/aromatic N) is 3. The Hall–Kier alpha value is -2.94. The van der Waals surface area contributed by atoms with Gasteiger partial charge in [0.05, 0.1) is 17.7 Å². The maximum Gasteiger partial charge on any atom is 0.270 e. The van der Waals surface area contributed by atoms with Crippen LogP contribution in [0.3, 0.4) is 0 Å². The van der Waals surface area contributed by atoms with Crippen molar-refractivity contribution in [3.8, 4) is 0 Å². The van der Waals surface area contributed by atoms with Crippen molar-refractivity contribution in [2.75, 3.05) is 29.9 Å². The molecule has 0 radical (unpaired) electrons. The van der Waals surface area contributed by atoms with E-state index in [2.05, 4.69) is 36.7 Å². The number of carbonyl (C=O) groups is 1. The van der Waals surface area contributed by atoms with Gasteiger partial charge in [-0.2, -0.15) is 5.10 Å². The number of nitrogens with one attached hydrogen (secondary N) is 2. The zero-order valence-corrected chi connectivity index (χ0v) is 19.0. The first kappa shape index (κ1) is 22.7. The van der Waals surface area contributed by atoms with Crippen molar-refractivity contribution in [1.82, 2.24) is 5.43 Å². The van der Waals surface area contributed by atoms with E-state index in [4.69, 9.17) is 0 Å². The summed E-state index contributed by atoms with van der Waals surface area (Å²) < 4.78 is 0.877. The zero-order valence-electron chi connectivity index (χ0n) is 17.4. The Morgan fingerprint density at radius 3 is 2.61 bits per heavy atom. The molecule has 9 heteroatoms. The van der Waals surface area contributed by atoms with Crippen LogP contribution in [0.4, 0.5) is 17.1 Å². The van der Waals surface area contributed by atoms with Crippen molar-refractivity contribution in [3.05, 3.63) is 62.1 Å². The van der Waals surface area contributed by atoms with Crippen molar-refractivity contribution in [2.45, 2.75) is 32.6 Å². The number of non-ortho nitro benzene ring substituents is 1. The van der Waals surface area contributed by atoms with Crippen molar-refractivity contribution in [1.29, 1.82) is 0 Å². The molecule has 0 saturated carbocycles. The molecule has 8 nitrogen and oxygen atoms in total. The Labute approximate surface area is 190 Å². The van der Waals surface area contributed by atoms with E-state index in [1.807, 2.05) is 25.1 Å². The molecule has 0 aliphatic carbocycles. The Balaban J connectivity index is 1.67. The molecule has 0 unspecified atom stereocenters. The number of hydrogen-bond acceptors (Lipinski definition) is 6. The summed E-state index contributed by atoms with van der Waals surface area (Å²) in [7, 11) is 0. The summed E-state index contributed by atoms with van der Waals surface area (Å²) >= 11 is 3.47. The number of amides is 1. The standard InChI is InChI=1S/C22H26BrN5O3/c1-16-6-8-20(19(23)12-16)24-15-22(29)26-25-14-17-13-18(28(30)31)7-9-21(17)27-10-4-2-3-5-11-27/h6-9,12-14,24H,2-5,10-11,15H2,1H3,(H,26,29). The number of anilines is 2. The molecule has 1 saturated heterocycles. The van der Waals surface area contributed by atoms with Crippen molar-refractivity contribution in [2.24, 2.45) is 5.10 Å². The Morgan fingerprint density at radius 2 is 1.94 bits per heavy atom. The van der Waals surface area contributed by atoms with Gasteiger partial charge in [0, 0.05) is 46.6 Å². The first-order chi connectivity index (χ1) is 14.9. The predicted octanol–water partition coefficient (Wildman–Crippen LogP) is 4.61. The molecule has 1 fully saturated rings. The lowest BCUT2D eigenvalue weighted by Crippen LogP contribution is -2.27. The number of hydrogen-bond donors (Lipinski definition) is 2. The molecule has 2 aromatic carbocycles. The van der Waals surface area contributed by atoms with E-state index < -0.39 is 4.92 Å². The largest absolute Gasteiger partial charge is 0.375 e. The quantitative estimate of drug-likeness (QED) is 0.337. The Bertz CT molecular complexity index is 972. The van der Waals surface area contributed by atoms with Crippen molar-refractivity contribution < 1.29 is 9.72 Å². The first-order valence-electron chi connectivity index (χ1n) is 10.3. The predicted molar refractivity (Wildman–Crippen MR) is 127 cm³/mol. The van der Waals surface area contributed by atoms with Crippen LogP contribution < -0.4 is 15.6 Å². The fourth-order valence-corrected chi connectivity index (χ4v) is 4.14. The van der Waals surface area contributed by atoms with Crippen molar-refractivity contribution >= 4 is 45.1 Å². The molecule has 1 aliphatic rings. The van der Waals surface area contributed by atoms with Gasteiger partial charge >= 0.3 is 0 Å². The van der Waals surface area contributed by atoms with Crippen LogP contribution in [0.2, 0.25) is 0 Å². The molecule has 1 heterocycles. The van der Waals surface area contributed by atoms with Gasteiger partial charge in [-0.25, -0.2) is 5.43 Å². The smallest absolute Gasteiger partial charge is 0.270 e. The van der Waals surface area contributed by atoms with E-state index in [0.717, 1.165) is 47.3 Å². The van der Waals surface area contributed by atoms with Crippen LogP contribution in [0.25, 0.3) is 0 Å². The Kier molecular flexibility index (Phi) is 8.00. The average molecular weight is 488 g/mol. The highest BCUT2D eigenvalue weighted by atomic mass is 79.9. The van der Waals surface area contributed by atoms with Gasteiger partial charge in [-0.15, -0.1) is 0 Å². The Morgan fingerprint density at radius 1 is 1.19 bits per heavy atom. The topological polar surface area (TPSA) is 99.9 Å². The molecule has 164 valence electrons. The second-order valence-corrected chi connectivity index (χ2v) is 8.39. The van der Waals surface area contributed by atoms with Crippen LogP contribution >= 0.6 is 15.9 Å². The maximum atomic E-state index is 12.2. The van der Waals surface area contributed by atoms with Gasteiger partial charge in [-0.3, -0.25) is 14.9 Å². The number of hydrazone groups is 1. The molecule has 3 rings (SSSR count). The van der Waals surface area contributed by atoms with Crippen LogP contribution in [0.5, 0.6) is 0 Å². The molecule has 1 aliphatic heterocycles. The van der Waals surface area contributed by atoms with Gasteiger partial charge in [-0.1, -0.05) is 18.9 Å². The zero-order chi connectivity index (χ0) is 22.2. The number of carbonyl (C=O) groups excluding carboxylic acids is 1. The fraction of sp³-hybridized carbons (Fsp3) is 0.364. The number of nitro groups is 1. The molecule has 0 aromatic heterocycles. The molecule has 1 amide bonds. The van der Waals surface area contributed by atoms with Gasteiger partial charge < -0.3 is 10.2 Å². The third kappa shape index (κ3) is 6.52. The SMILES string of the molecule is Cc1ccc(NCC(=O)NN=Cc2cc([N+](=O)[O-])ccc2N2CCCCCC2)c(Br)c1. The van der Waals surface area contributed by atoms with E-state index in [0.29, 0.717) is 5.56 Å². The highest BCUT2D eigenvalue weighted by Crippen LogP contribution is 2.27. The molecular formula is C22H26BrN5O3. The highest BCUT2D eigenvalue weighted by molar-refractivity contribution is 9.10. The van der Waals surface area contributed by atoms with Crippen LogP contribution in [-0.4, -0.2) is 36.7 Å². The number of halogens is 1. The minimum absolute atomic E-state index is 0.00256. The van der Waals surface area contributed by atoms with Crippen LogP contribution in [-0.2, 0) is 4.79 Å². The lowest BCUT2D eigenvalue weighted by atomic mass is 10.1. The summed E-state index contributed by atoms with van der Waals surface area (Å²) in [6.45, 7) is 3.84. The number of rotatable bonds is 7. The van der Waals surface area contributed by atoms with Gasteiger partial charge in [-0.05, 0) is 59.5 Å². The molecular weight excluding hydrogens is 462 g/mol. The second-order valence-electron chi connectivity index (χ2n) is 7.53. The van der Waals surface area contributed by atoms with E-state index in [-0.39, 0.29) is 18.1 Å². The normalized spacial score (nSPS) is 14.3. The van der Waals surface area contributed by atoms with E-state index >= 15 is 0 Å². The number of benzene rings is 2. The van der Waals surface area contributed by atoms with E-state index in [1.165, 1.54) is 31.2 Å². The average Bonchev–Trinajstić information content (AvgIpc) is 3.02. The third-order valence-corrected chi connectivity index (χ3v) is 5.78. The second kappa shape index (κ2) is 10.9. The summed E-state index contributed by atoms with van der Waals surface area (Å²) in [6.07, 6.45) is 6.03. The van der Waals surface area contributed by atoms with Gasteiger partial charge in [0.1, 0.15) is 0 Å². The van der Waals surface area contributed by atoms with Gasteiger partial charge in [0.25, 0.3) is 11.6 Å². The van der Waals surface area contributed by atoms with Crippen LogP contribution in [0.15, 0.2) is 46.0 Å². The molecule has 2 aromatic rings. The highest BCUT2D eigenvalue weighted by Gasteiger charge is 2.16.